The van der Waals surface area contributed by atoms with Crippen molar-refractivity contribution in [3.8, 4) is 0 Å². The molecule has 1 aromatic carbocycles. The van der Waals surface area contributed by atoms with Crippen LogP contribution in [0.5, 0.6) is 0 Å². The van der Waals surface area contributed by atoms with Crippen LogP contribution in [0.25, 0.3) is 0 Å². The molecule has 1 saturated heterocycles. The van der Waals surface area contributed by atoms with E-state index < -0.39 is 0 Å². The first-order chi connectivity index (χ1) is 10.1. The molecule has 1 aliphatic carbocycles. The van der Waals surface area contributed by atoms with E-state index in [1.807, 2.05) is 23.1 Å². The van der Waals surface area contributed by atoms with Gasteiger partial charge < -0.3 is 10.0 Å². The Balaban J connectivity index is 1.64. The maximum atomic E-state index is 12.8. The summed E-state index contributed by atoms with van der Waals surface area (Å²) >= 11 is 6.04. The van der Waals surface area contributed by atoms with Crippen molar-refractivity contribution in [2.24, 2.45) is 11.3 Å². The van der Waals surface area contributed by atoms with Crippen LogP contribution in [0.4, 0.5) is 0 Å². The summed E-state index contributed by atoms with van der Waals surface area (Å²) in [5, 5.41) is 9.93. The van der Waals surface area contributed by atoms with Gasteiger partial charge in [0.25, 0.3) is 0 Å². The Morgan fingerprint density at radius 2 is 2.05 bits per heavy atom. The number of halogens is 1. The predicted molar refractivity (Wildman–Crippen MR) is 83.2 cm³/mol. The van der Waals surface area contributed by atoms with E-state index in [4.69, 9.17) is 11.6 Å². The molecule has 0 spiro atoms. The first-order valence-electron chi connectivity index (χ1n) is 7.78. The van der Waals surface area contributed by atoms with Crippen LogP contribution >= 0.6 is 11.6 Å². The van der Waals surface area contributed by atoms with Crippen molar-refractivity contribution in [1.29, 1.82) is 0 Å². The number of likely N-dealkylation sites (tertiary alicyclic amines) is 1. The van der Waals surface area contributed by atoms with Crippen molar-refractivity contribution in [1.82, 2.24) is 4.90 Å². The van der Waals surface area contributed by atoms with Crippen molar-refractivity contribution in [2.45, 2.75) is 32.1 Å². The van der Waals surface area contributed by atoms with Crippen LogP contribution in [0.2, 0.25) is 5.02 Å². The van der Waals surface area contributed by atoms with Crippen LogP contribution in [0.1, 0.15) is 31.2 Å². The Morgan fingerprint density at radius 3 is 2.62 bits per heavy atom. The monoisotopic (exact) mass is 307 g/mol. The van der Waals surface area contributed by atoms with Gasteiger partial charge in [0.05, 0.1) is 5.41 Å². The molecule has 0 bridgehead atoms. The van der Waals surface area contributed by atoms with Crippen LogP contribution in [-0.4, -0.2) is 35.6 Å². The maximum absolute atomic E-state index is 12.8. The summed E-state index contributed by atoms with van der Waals surface area (Å²) in [6, 6.07) is 7.83. The molecule has 3 rings (SSSR count). The molecule has 1 heterocycles. The summed E-state index contributed by atoms with van der Waals surface area (Å²) in [7, 11) is 0. The first kappa shape index (κ1) is 14.9. The number of benzene rings is 1. The minimum absolute atomic E-state index is 0.184. The molecular weight excluding hydrogens is 286 g/mol. The van der Waals surface area contributed by atoms with Gasteiger partial charge in [0.1, 0.15) is 0 Å². The molecule has 0 aromatic heterocycles. The zero-order valence-electron chi connectivity index (χ0n) is 12.2. The third kappa shape index (κ3) is 3.24. The van der Waals surface area contributed by atoms with Gasteiger partial charge in [-0.15, -0.1) is 0 Å². The third-order valence-electron chi connectivity index (χ3n) is 4.90. The van der Waals surface area contributed by atoms with Gasteiger partial charge in [-0.3, -0.25) is 4.79 Å². The number of aliphatic hydroxyl groups excluding tert-OH is 1. The lowest BCUT2D eigenvalue weighted by Crippen LogP contribution is -2.43. The third-order valence-corrected chi connectivity index (χ3v) is 5.13. The van der Waals surface area contributed by atoms with Gasteiger partial charge in [0.2, 0.25) is 5.91 Å². The number of nitrogens with zero attached hydrogens (tertiary/aromatic N) is 1. The highest BCUT2D eigenvalue weighted by molar-refractivity contribution is 6.30. The molecule has 0 radical (unpaired) electrons. The highest BCUT2D eigenvalue weighted by Gasteiger charge is 2.51. The average Bonchev–Trinajstić information content (AvgIpc) is 3.27. The fourth-order valence-electron chi connectivity index (χ4n) is 3.31. The highest BCUT2D eigenvalue weighted by atomic mass is 35.5. The molecule has 1 aromatic rings. The summed E-state index contributed by atoms with van der Waals surface area (Å²) in [4.78, 5) is 14.8. The molecule has 1 N–H and O–H groups in total. The van der Waals surface area contributed by atoms with E-state index in [0.717, 1.165) is 55.8 Å². The fraction of sp³-hybridized carbons (Fsp3) is 0.588. The Labute approximate surface area is 130 Å². The van der Waals surface area contributed by atoms with Crippen LogP contribution in [0.15, 0.2) is 24.3 Å². The predicted octanol–water partition coefficient (Wildman–Crippen LogP) is 2.89. The number of amides is 1. The normalized spacial score (nSPS) is 21.3. The molecule has 2 aliphatic rings. The van der Waals surface area contributed by atoms with E-state index >= 15 is 0 Å². The first-order valence-corrected chi connectivity index (χ1v) is 8.15. The molecule has 1 amide bonds. The molecule has 21 heavy (non-hydrogen) atoms. The zero-order chi connectivity index (χ0) is 14.9. The zero-order valence-corrected chi connectivity index (χ0v) is 13.0. The number of carbonyl (C=O) groups is 1. The molecule has 1 aliphatic heterocycles. The number of rotatable bonds is 4. The van der Waals surface area contributed by atoms with E-state index in [9.17, 15) is 9.90 Å². The van der Waals surface area contributed by atoms with Crippen LogP contribution in [-0.2, 0) is 11.2 Å². The Hall–Kier alpha value is -1.06. The van der Waals surface area contributed by atoms with Gasteiger partial charge >= 0.3 is 0 Å². The molecule has 114 valence electrons. The minimum Gasteiger partial charge on any atom is -0.396 e. The van der Waals surface area contributed by atoms with E-state index in [2.05, 4.69) is 6.07 Å². The second kappa shape index (κ2) is 5.98. The number of carbonyl (C=O) groups excluding carboxylic acids is 1. The van der Waals surface area contributed by atoms with Crippen molar-refractivity contribution in [3.05, 3.63) is 34.9 Å². The van der Waals surface area contributed by atoms with Crippen molar-refractivity contribution in [3.63, 3.8) is 0 Å². The smallest absolute Gasteiger partial charge is 0.229 e. The summed E-state index contributed by atoms with van der Waals surface area (Å²) < 4.78 is 0. The summed E-state index contributed by atoms with van der Waals surface area (Å²) in [6.45, 7) is 1.83. The van der Waals surface area contributed by atoms with Crippen LogP contribution < -0.4 is 0 Å². The number of hydrogen-bond acceptors (Lipinski definition) is 2. The average molecular weight is 308 g/mol. The van der Waals surface area contributed by atoms with Gasteiger partial charge in [-0.2, -0.15) is 0 Å². The minimum atomic E-state index is -0.184. The fourth-order valence-corrected chi connectivity index (χ4v) is 3.52. The van der Waals surface area contributed by atoms with Crippen molar-refractivity contribution in [2.75, 3.05) is 19.7 Å². The lowest BCUT2D eigenvalue weighted by atomic mass is 9.92. The van der Waals surface area contributed by atoms with Gasteiger partial charge in [0, 0.05) is 24.7 Å². The van der Waals surface area contributed by atoms with E-state index in [-0.39, 0.29) is 12.0 Å². The summed E-state index contributed by atoms with van der Waals surface area (Å²) in [5.41, 5.74) is 0.968. The highest BCUT2D eigenvalue weighted by Crippen LogP contribution is 2.50. The second-order valence-electron chi connectivity index (χ2n) is 6.51. The molecule has 0 unspecified atom stereocenters. The largest absolute Gasteiger partial charge is 0.396 e. The quantitative estimate of drug-likeness (QED) is 0.929. The second-order valence-corrected chi connectivity index (χ2v) is 6.94. The number of aliphatic hydroxyl groups is 1. The Kier molecular flexibility index (Phi) is 4.23. The van der Waals surface area contributed by atoms with Gasteiger partial charge in [-0.25, -0.2) is 0 Å². The van der Waals surface area contributed by atoms with Gasteiger partial charge in [0.15, 0.2) is 0 Å². The molecule has 4 heteroatoms. The Bertz CT molecular complexity index is 519. The molecule has 2 fully saturated rings. The molecular formula is C17H22ClNO2. The van der Waals surface area contributed by atoms with E-state index in [0.29, 0.717) is 11.8 Å². The van der Waals surface area contributed by atoms with E-state index in [1.54, 1.807) is 0 Å². The maximum Gasteiger partial charge on any atom is 0.229 e. The van der Waals surface area contributed by atoms with Gasteiger partial charge in [-0.05, 0) is 55.7 Å². The summed E-state index contributed by atoms with van der Waals surface area (Å²) in [6.07, 6.45) is 4.62. The van der Waals surface area contributed by atoms with Gasteiger partial charge in [-0.1, -0.05) is 23.7 Å². The van der Waals surface area contributed by atoms with Crippen molar-refractivity contribution < 1.29 is 9.90 Å². The molecule has 3 nitrogen and oxygen atoms in total. The Morgan fingerprint density at radius 1 is 1.33 bits per heavy atom. The molecule has 1 saturated carbocycles. The lowest BCUT2D eigenvalue weighted by Gasteiger charge is -2.34. The molecule has 0 atom stereocenters. The lowest BCUT2D eigenvalue weighted by molar-refractivity contribution is -0.138. The van der Waals surface area contributed by atoms with E-state index in [1.165, 1.54) is 0 Å². The standard InChI is InChI=1S/C17H22ClNO2/c18-15-3-1-2-14(10-15)11-17(6-7-17)16(21)19-8-4-13(12-20)5-9-19/h1-3,10,13,20H,4-9,11-12H2. The number of hydrogen-bond donors (Lipinski definition) is 1. The summed E-state index contributed by atoms with van der Waals surface area (Å²) in [5.74, 6) is 0.677. The topological polar surface area (TPSA) is 40.5 Å². The van der Waals surface area contributed by atoms with Crippen molar-refractivity contribution >= 4 is 17.5 Å². The van der Waals surface area contributed by atoms with Crippen LogP contribution in [0.3, 0.4) is 0 Å². The van der Waals surface area contributed by atoms with Crippen LogP contribution in [0, 0.1) is 11.3 Å². The SMILES string of the molecule is O=C(N1CCC(CO)CC1)C1(Cc2cccc(Cl)c2)CC1. The number of piperidine rings is 1.